The van der Waals surface area contributed by atoms with E-state index in [4.69, 9.17) is 4.74 Å². The van der Waals surface area contributed by atoms with Crippen molar-refractivity contribution < 1.29 is 4.74 Å². The zero-order valence-corrected chi connectivity index (χ0v) is 11.9. The second-order valence-electron chi connectivity index (χ2n) is 3.94. The molecule has 1 N–H and O–H groups in total. The van der Waals surface area contributed by atoms with Crippen molar-refractivity contribution in [3.05, 3.63) is 48.4 Å². The van der Waals surface area contributed by atoms with E-state index in [1.165, 1.54) is 0 Å². The molecule has 0 spiro atoms. The van der Waals surface area contributed by atoms with Gasteiger partial charge in [0.25, 0.3) is 0 Å². The maximum absolute atomic E-state index is 5.40. The zero-order chi connectivity index (χ0) is 13.5. The monoisotopic (exact) mass is 275 g/mol. The lowest BCUT2D eigenvalue weighted by molar-refractivity contribution is 0.404. The van der Waals surface area contributed by atoms with Crippen molar-refractivity contribution in [1.82, 2.24) is 15.3 Å². The van der Waals surface area contributed by atoms with Gasteiger partial charge in [-0.05, 0) is 13.1 Å². The van der Waals surface area contributed by atoms with Crippen molar-refractivity contribution in [2.75, 3.05) is 19.9 Å². The van der Waals surface area contributed by atoms with E-state index in [1.54, 1.807) is 37.5 Å². The van der Waals surface area contributed by atoms with E-state index in [-0.39, 0.29) is 6.04 Å². The van der Waals surface area contributed by atoms with Gasteiger partial charge in [0.1, 0.15) is 10.8 Å². The summed E-state index contributed by atoms with van der Waals surface area (Å²) in [5, 5.41) is 4.24. The van der Waals surface area contributed by atoms with Gasteiger partial charge in [-0.15, -0.1) is 11.8 Å². The van der Waals surface area contributed by atoms with E-state index >= 15 is 0 Å². The van der Waals surface area contributed by atoms with Gasteiger partial charge in [0.15, 0.2) is 0 Å². The van der Waals surface area contributed by atoms with Crippen LogP contribution in [0.5, 0.6) is 5.75 Å². The first-order chi connectivity index (χ1) is 9.35. The van der Waals surface area contributed by atoms with Gasteiger partial charge < -0.3 is 10.1 Å². The van der Waals surface area contributed by atoms with Crippen LogP contribution in [0.25, 0.3) is 0 Å². The molecule has 0 aliphatic heterocycles. The molecule has 0 aliphatic rings. The third-order valence-electron chi connectivity index (χ3n) is 2.80. The molecule has 1 aromatic heterocycles. The number of nitrogens with zero attached hydrogens (tertiary/aromatic N) is 2. The lowest BCUT2D eigenvalue weighted by Crippen LogP contribution is -2.19. The normalized spacial score (nSPS) is 12.1. The Morgan fingerprint density at radius 2 is 2.16 bits per heavy atom. The zero-order valence-electron chi connectivity index (χ0n) is 11.0. The highest BCUT2D eigenvalue weighted by atomic mass is 32.2. The molecule has 0 radical (unpaired) electrons. The van der Waals surface area contributed by atoms with Gasteiger partial charge in [-0.25, -0.2) is 4.98 Å². The van der Waals surface area contributed by atoms with E-state index in [9.17, 15) is 0 Å². The second-order valence-corrected chi connectivity index (χ2v) is 4.98. The Bertz CT molecular complexity index is 507. The second kappa shape index (κ2) is 7.11. The first kappa shape index (κ1) is 13.8. The molecule has 1 aromatic carbocycles. The lowest BCUT2D eigenvalue weighted by atomic mass is 10.1. The number of thioether (sulfide) groups is 1. The van der Waals surface area contributed by atoms with Gasteiger partial charge >= 0.3 is 0 Å². The molecule has 19 heavy (non-hydrogen) atoms. The Labute approximate surface area is 117 Å². The summed E-state index contributed by atoms with van der Waals surface area (Å²) >= 11 is 1.68. The van der Waals surface area contributed by atoms with Crippen LogP contribution in [0, 0.1) is 0 Å². The molecule has 1 atom stereocenters. The summed E-state index contributed by atoms with van der Waals surface area (Å²) in [5.41, 5.74) is 1.16. The van der Waals surface area contributed by atoms with Gasteiger partial charge in [-0.2, -0.15) is 0 Å². The molecule has 0 bridgehead atoms. The van der Waals surface area contributed by atoms with Crippen LogP contribution >= 0.6 is 11.8 Å². The maximum Gasteiger partial charge on any atom is 0.123 e. The summed E-state index contributed by atoms with van der Waals surface area (Å²) < 4.78 is 5.40. The van der Waals surface area contributed by atoms with Crippen LogP contribution in [-0.4, -0.2) is 29.9 Å². The molecule has 4 nitrogen and oxygen atoms in total. The van der Waals surface area contributed by atoms with Crippen LogP contribution in [0.3, 0.4) is 0 Å². The standard InChI is InChI=1S/C14H17N3OS/c1-15-12(10-19-14-9-16-7-8-17-14)11-5-3-4-6-13(11)18-2/h3-9,12,15H,10H2,1-2H3. The van der Waals surface area contributed by atoms with Crippen molar-refractivity contribution >= 4 is 11.8 Å². The number of methoxy groups -OCH3 is 1. The number of ether oxygens (including phenoxy) is 1. The Kier molecular flexibility index (Phi) is 5.18. The first-order valence-electron chi connectivity index (χ1n) is 6.04. The van der Waals surface area contributed by atoms with E-state index in [1.807, 2.05) is 25.2 Å². The summed E-state index contributed by atoms with van der Waals surface area (Å²) in [6, 6.07) is 8.27. The van der Waals surface area contributed by atoms with E-state index < -0.39 is 0 Å². The van der Waals surface area contributed by atoms with Crippen LogP contribution < -0.4 is 10.1 Å². The van der Waals surface area contributed by atoms with Crippen LogP contribution in [0.4, 0.5) is 0 Å². The Morgan fingerprint density at radius 3 is 2.84 bits per heavy atom. The van der Waals surface area contributed by atoms with Crippen molar-refractivity contribution in [2.45, 2.75) is 11.1 Å². The maximum atomic E-state index is 5.40. The summed E-state index contributed by atoms with van der Waals surface area (Å²) in [6.45, 7) is 0. The first-order valence-corrected chi connectivity index (χ1v) is 7.02. The van der Waals surface area contributed by atoms with Gasteiger partial charge in [0.05, 0.1) is 13.3 Å². The van der Waals surface area contributed by atoms with Gasteiger partial charge in [0, 0.05) is 29.8 Å². The van der Waals surface area contributed by atoms with E-state index in [0.29, 0.717) is 0 Å². The van der Waals surface area contributed by atoms with Crippen LogP contribution in [-0.2, 0) is 0 Å². The van der Waals surface area contributed by atoms with Crippen LogP contribution in [0.2, 0.25) is 0 Å². The third kappa shape index (κ3) is 3.68. The largest absolute Gasteiger partial charge is 0.496 e. The van der Waals surface area contributed by atoms with Crippen molar-refractivity contribution in [1.29, 1.82) is 0 Å². The summed E-state index contributed by atoms with van der Waals surface area (Å²) in [5.74, 6) is 1.77. The Balaban J connectivity index is 2.08. The highest BCUT2D eigenvalue weighted by molar-refractivity contribution is 7.99. The van der Waals surface area contributed by atoms with Crippen molar-refractivity contribution in [3.8, 4) is 5.75 Å². The number of para-hydroxylation sites is 1. The molecule has 1 unspecified atom stereocenters. The molecule has 1 heterocycles. The fourth-order valence-electron chi connectivity index (χ4n) is 1.81. The minimum absolute atomic E-state index is 0.211. The van der Waals surface area contributed by atoms with Gasteiger partial charge in [-0.1, -0.05) is 18.2 Å². The summed E-state index contributed by atoms with van der Waals surface area (Å²) in [4.78, 5) is 8.33. The predicted octanol–water partition coefficient (Wildman–Crippen LogP) is 2.54. The quantitative estimate of drug-likeness (QED) is 0.821. The Morgan fingerprint density at radius 1 is 1.32 bits per heavy atom. The van der Waals surface area contributed by atoms with E-state index in [0.717, 1.165) is 22.1 Å². The number of benzene rings is 1. The fraction of sp³-hybridized carbons (Fsp3) is 0.286. The predicted molar refractivity (Wildman–Crippen MR) is 77.6 cm³/mol. The number of hydrogen-bond acceptors (Lipinski definition) is 5. The van der Waals surface area contributed by atoms with Gasteiger partial charge in [0.2, 0.25) is 0 Å². The minimum Gasteiger partial charge on any atom is -0.496 e. The number of nitrogens with one attached hydrogen (secondary N) is 1. The average molecular weight is 275 g/mol. The number of rotatable bonds is 6. The topological polar surface area (TPSA) is 47.0 Å². The molecule has 5 heteroatoms. The molecular weight excluding hydrogens is 258 g/mol. The smallest absolute Gasteiger partial charge is 0.123 e. The lowest BCUT2D eigenvalue weighted by Gasteiger charge is -2.18. The summed E-state index contributed by atoms with van der Waals surface area (Å²) in [7, 11) is 3.65. The minimum atomic E-state index is 0.211. The van der Waals surface area contributed by atoms with Crippen LogP contribution in [0.1, 0.15) is 11.6 Å². The highest BCUT2D eigenvalue weighted by Gasteiger charge is 2.14. The average Bonchev–Trinajstić information content (AvgIpc) is 2.49. The Hall–Kier alpha value is -1.59. The molecule has 0 amide bonds. The molecular formula is C14H17N3OS. The third-order valence-corrected chi connectivity index (χ3v) is 3.81. The van der Waals surface area contributed by atoms with Crippen molar-refractivity contribution in [2.24, 2.45) is 0 Å². The molecule has 100 valence electrons. The SMILES string of the molecule is CNC(CSc1cnccn1)c1ccccc1OC. The molecule has 0 saturated carbocycles. The number of aromatic nitrogens is 2. The van der Waals surface area contributed by atoms with Crippen LogP contribution in [0.15, 0.2) is 47.9 Å². The molecule has 0 aliphatic carbocycles. The van der Waals surface area contributed by atoms with Crippen molar-refractivity contribution in [3.63, 3.8) is 0 Å². The molecule has 2 aromatic rings. The van der Waals surface area contributed by atoms with E-state index in [2.05, 4.69) is 21.4 Å². The van der Waals surface area contributed by atoms with Gasteiger partial charge in [-0.3, -0.25) is 4.98 Å². The number of hydrogen-bond donors (Lipinski definition) is 1. The molecule has 2 rings (SSSR count). The molecule has 0 fully saturated rings. The highest BCUT2D eigenvalue weighted by Crippen LogP contribution is 2.28. The fourth-order valence-corrected chi connectivity index (χ4v) is 2.77. The summed E-state index contributed by atoms with van der Waals surface area (Å²) in [6.07, 6.45) is 5.17. The molecule has 0 saturated heterocycles.